The van der Waals surface area contributed by atoms with Crippen LogP contribution in [0.2, 0.25) is 0 Å². The van der Waals surface area contributed by atoms with Gasteiger partial charge < -0.3 is 10.1 Å². The van der Waals surface area contributed by atoms with Crippen LogP contribution in [-0.2, 0) is 20.9 Å². The maximum Gasteiger partial charge on any atom is 0.337 e. The largest absolute Gasteiger partial charge is 0.465 e. The van der Waals surface area contributed by atoms with Crippen molar-refractivity contribution >= 4 is 17.4 Å². The van der Waals surface area contributed by atoms with Crippen LogP contribution in [0.4, 0.5) is 0 Å². The summed E-state index contributed by atoms with van der Waals surface area (Å²) in [5.41, 5.74) is 2.20. The Morgan fingerprint density at radius 3 is 2.30 bits per heavy atom. The molecule has 1 amide bonds. The van der Waals surface area contributed by atoms with E-state index in [1.165, 1.54) is 45.6 Å². The van der Waals surface area contributed by atoms with Crippen molar-refractivity contribution in [3.8, 4) is 0 Å². The summed E-state index contributed by atoms with van der Waals surface area (Å²) in [7, 11) is 1.35. The number of esters is 1. The fourth-order valence-corrected chi connectivity index (χ4v) is 6.31. The van der Waals surface area contributed by atoms with E-state index in [-0.39, 0.29) is 11.3 Å². The SMILES string of the molecule is C=C(C(=O)OC)c1ccccc1CNC(=O)CC12CC3CC(CC(C3)C1)C2. The average molecular weight is 367 g/mol. The molecule has 0 saturated heterocycles. The lowest BCUT2D eigenvalue weighted by Gasteiger charge is -2.56. The zero-order valence-corrected chi connectivity index (χ0v) is 16.1. The van der Waals surface area contributed by atoms with E-state index in [4.69, 9.17) is 4.74 Å². The summed E-state index contributed by atoms with van der Waals surface area (Å²) < 4.78 is 4.78. The highest BCUT2D eigenvalue weighted by Gasteiger charge is 2.51. The van der Waals surface area contributed by atoms with Crippen molar-refractivity contribution in [1.82, 2.24) is 5.32 Å². The molecule has 27 heavy (non-hydrogen) atoms. The summed E-state index contributed by atoms with van der Waals surface area (Å²) in [4.78, 5) is 24.6. The van der Waals surface area contributed by atoms with Crippen LogP contribution in [0.3, 0.4) is 0 Å². The molecule has 4 aliphatic rings. The van der Waals surface area contributed by atoms with Crippen LogP contribution in [0.25, 0.3) is 5.57 Å². The molecule has 0 atom stereocenters. The van der Waals surface area contributed by atoms with E-state index in [9.17, 15) is 9.59 Å². The topological polar surface area (TPSA) is 55.4 Å². The van der Waals surface area contributed by atoms with Gasteiger partial charge in [-0.2, -0.15) is 0 Å². The number of carbonyl (C=O) groups excluding carboxylic acids is 2. The molecule has 4 heteroatoms. The number of hydrogen-bond donors (Lipinski definition) is 1. The molecule has 4 saturated carbocycles. The molecule has 1 N–H and O–H groups in total. The normalized spacial score (nSPS) is 30.8. The molecular weight excluding hydrogens is 338 g/mol. The summed E-state index contributed by atoms with van der Waals surface area (Å²) in [6.07, 6.45) is 8.54. The minimum Gasteiger partial charge on any atom is -0.465 e. The van der Waals surface area contributed by atoms with Crippen molar-refractivity contribution in [3.05, 3.63) is 42.0 Å². The van der Waals surface area contributed by atoms with Gasteiger partial charge in [-0.05, 0) is 72.8 Å². The maximum atomic E-state index is 12.7. The highest BCUT2D eigenvalue weighted by molar-refractivity contribution is 6.16. The van der Waals surface area contributed by atoms with Crippen molar-refractivity contribution in [2.75, 3.05) is 7.11 Å². The molecular formula is C23H29NO3. The van der Waals surface area contributed by atoms with Crippen LogP contribution in [0.5, 0.6) is 0 Å². The van der Waals surface area contributed by atoms with E-state index in [0.29, 0.717) is 18.5 Å². The molecule has 4 nitrogen and oxygen atoms in total. The van der Waals surface area contributed by atoms with Crippen molar-refractivity contribution in [2.24, 2.45) is 23.2 Å². The number of hydrogen-bond acceptors (Lipinski definition) is 3. The van der Waals surface area contributed by atoms with Crippen LogP contribution in [0, 0.1) is 23.2 Å². The minimum atomic E-state index is -0.442. The van der Waals surface area contributed by atoms with Gasteiger partial charge in [0, 0.05) is 13.0 Å². The smallest absolute Gasteiger partial charge is 0.337 e. The second kappa shape index (κ2) is 7.14. The second-order valence-corrected chi connectivity index (χ2v) is 9.00. The summed E-state index contributed by atoms with van der Waals surface area (Å²) >= 11 is 0. The second-order valence-electron chi connectivity index (χ2n) is 9.00. The molecule has 5 rings (SSSR count). The Balaban J connectivity index is 1.39. The molecule has 1 aromatic carbocycles. The first-order chi connectivity index (χ1) is 13.0. The number of nitrogens with one attached hydrogen (secondary N) is 1. The van der Waals surface area contributed by atoms with Gasteiger partial charge in [0.1, 0.15) is 0 Å². The van der Waals surface area contributed by atoms with Gasteiger partial charge in [-0.25, -0.2) is 4.79 Å². The monoisotopic (exact) mass is 367 g/mol. The fraction of sp³-hybridized carbons (Fsp3) is 0.565. The predicted molar refractivity (Wildman–Crippen MR) is 105 cm³/mol. The number of ether oxygens (including phenoxy) is 1. The van der Waals surface area contributed by atoms with E-state index < -0.39 is 5.97 Å². The van der Waals surface area contributed by atoms with Crippen molar-refractivity contribution in [3.63, 3.8) is 0 Å². The number of amides is 1. The third kappa shape index (κ3) is 3.67. The zero-order chi connectivity index (χ0) is 19.0. The van der Waals surface area contributed by atoms with E-state index in [1.807, 2.05) is 24.3 Å². The van der Waals surface area contributed by atoms with Gasteiger partial charge in [0.05, 0.1) is 12.7 Å². The van der Waals surface area contributed by atoms with Crippen molar-refractivity contribution < 1.29 is 14.3 Å². The molecule has 0 spiro atoms. The third-order valence-electron chi connectivity index (χ3n) is 6.95. The van der Waals surface area contributed by atoms with Crippen LogP contribution < -0.4 is 5.32 Å². The Bertz CT molecular complexity index is 731. The first-order valence-corrected chi connectivity index (χ1v) is 10.1. The Hall–Kier alpha value is -2.10. The summed E-state index contributed by atoms with van der Waals surface area (Å²) in [5.74, 6) is 2.26. The van der Waals surface area contributed by atoms with Gasteiger partial charge in [-0.15, -0.1) is 0 Å². The van der Waals surface area contributed by atoms with Gasteiger partial charge in [0.25, 0.3) is 0 Å². The molecule has 4 fully saturated rings. The standard InChI is InChI=1S/C23H29NO3/c1-15(22(26)27-2)20-6-4-3-5-19(20)14-24-21(25)13-23-10-16-7-17(11-23)9-18(8-16)12-23/h3-6,16-18H,1,7-14H2,2H3,(H,24,25). The Morgan fingerprint density at radius 1 is 1.11 bits per heavy atom. The lowest BCUT2D eigenvalue weighted by molar-refractivity contribution is -0.133. The number of methoxy groups -OCH3 is 1. The summed E-state index contributed by atoms with van der Waals surface area (Å²) in [5, 5.41) is 3.09. The molecule has 4 aliphatic carbocycles. The minimum absolute atomic E-state index is 0.135. The average Bonchev–Trinajstić information content (AvgIpc) is 2.64. The highest BCUT2D eigenvalue weighted by atomic mass is 16.5. The number of benzene rings is 1. The first-order valence-electron chi connectivity index (χ1n) is 10.1. The predicted octanol–water partition coefficient (Wildman–Crippen LogP) is 4.10. The first kappa shape index (κ1) is 18.3. The Morgan fingerprint density at radius 2 is 1.70 bits per heavy atom. The Kier molecular flexibility index (Phi) is 4.83. The van der Waals surface area contributed by atoms with E-state index in [2.05, 4.69) is 11.9 Å². The molecule has 0 heterocycles. The number of rotatable bonds is 6. The summed E-state index contributed by atoms with van der Waals surface area (Å²) in [6.45, 7) is 4.26. The number of carbonyl (C=O) groups is 2. The van der Waals surface area contributed by atoms with Gasteiger partial charge in [0.2, 0.25) is 5.91 Å². The van der Waals surface area contributed by atoms with Crippen LogP contribution in [-0.4, -0.2) is 19.0 Å². The van der Waals surface area contributed by atoms with E-state index >= 15 is 0 Å². The Labute approximate surface area is 161 Å². The molecule has 144 valence electrons. The van der Waals surface area contributed by atoms with Gasteiger partial charge >= 0.3 is 5.97 Å². The summed E-state index contributed by atoms with van der Waals surface area (Å²) in [6, 6.07) is 7.55. The quantitative estimate of drug-likeness (QED) is 0.608. The van der Waals surface area contributed by atoms with Crippen LogP contribution in [0.15, 0.2) is 30.8 Å². The lowest BCUT2D eigenvalue weighted by atomic mass is 9.49. The lowest BCUT2D eigenvalue weighted by Crippen LogP contribution is -2.47. The fourth-order valence-electron chi connectivity index (χ4n) is 6.31. The van der Waals surface area contributed by atoms with Gasteiger partial charge in [-0.1, -0.05) is 30.8 Å². The van der Waals surface area contributed by atoms with E-state index in [0.717, 1.165) is 28.9 Å². The van der Waals surface area contributed by atoms with Crippen LogP contribution >= 0.6 is 0 Å². The van der Waals surface area contributed by atoms with Crippen LogP contribution in [0.1, 0.15) is 56.1 Å². The van der Waals surface area contributed by atoms with Crippen molar-refractivity contribution in [2.45, 2.75) is 51.5 Å². The van der Waals surface area contributed by atoms with Gasteiger partial charge in [-0.3, -0.25) is 4.79 Å². The third-order valence-corrected chi connectivity index (χ3v) is 6.95. The molecule has 0 radical (unpaired) electrons. The van der Waals surface area contributed by atoms with E-state index in [1.54, 1.807) is 0 Å². The van der Waals surface area contributed by atoms with Gasteiger partial charge in [0.15, 0.2) is 0 Å². The zero-order valence-electron chi connectivity index (χ0n) is 16.1. The molecule has 0 aliphatic heterocycles. The molecule has 1 aromatic rings. The molecule has 4 bridgehead atoms. The molecule has 0 unspecified atom stereocenters. The maximum absolute atomic E-state index is 12.7. The highest BCUT2D eigenvalue weighted by Crippen LogP contribution is 2.61. The van der Waals surface area contributed by atoms with Crippen molar-refractivity contribution in [1.29, 1.82) is 0 Å². The molecule has 0 aromatic heterocycles.